The molecule has 0 aliphatic heterocycles. The number of rotatable bonds is 5. The highest BCUT2D eigenvalue weighted by Gasteiger charge is 2.11. The van der Waals surface area contributed by atoms with Gasteiger partial charge in [-0.2, -0.15) is 0 Å². The minimum absolute atomic E-state index is 0.294. The molecule has 0 aliphatic carbocycles. The first-order valence-corrected chi connectivity index (χ1v) is 7.33. The van der Waals surface area contributed by atoms with Gasteiger partial charge in [0.1, 0.15) is 11.6 Å². The lowest BCUT2D eigenvalue weighted by molar-refractivity contribution is 0.578. The van der Waals surface area contributed by atoms with Gasteiger partial charge in [-0.25, -0.2) is 14.4 Å². The van der Waals surface area contributed by atoms with Crippen LogP contribution in [0.25, 0.3) is 0 Å². The summed E-state index contributed by atoms with van der Waals surface area (Å²) in [6, 6.07) is 6.98. The summed E-state index contributed by atoms with van der Waals surface area (Å²) in [5.41, 5.74) is 2.21. The van der Waals surface area contributed by atoms with E-state index >= 15 is 0 Å². The monoisotopic (exact) mass is 307 g/mol. The average Bonchev–Trinajstić information content (AvgIpc) is 2.40. The van der Waals surface area contributed by atoms with Crippen molar-refractivity contribution in [2.75, 3.05) is 0 Å². The molecule has 0 amide bonds. The number of aryl methyl sites for hydroxylation is 1. The summed E-state index contributed by atoms with van der Waals surface area (Å²) < 4.78 is 13.8. The molecule has 112 valence electrons. The summed E-state index contributed by atoms with van der Waals surface area (Å²) in [5, 5.41) is 3.72. The maximum Gasteiger partial charge on any atom is 0.133 e. The molecule has 0 aliphatic rings. The van der Waals surface area contributed by atoms with Crippen molar-refractivity contribution < 1.29 is 4.39 Å². The smallest absolute Gasteiger partial charge is 0.133 e. The van der Waals surface area contributed by atoms with E-state index in [1.165, 1.54) is 6.07 Å². The molecule has 0 saturated heterocycles. The van der Waals surface area contributed by atoms with E-state index < -0.39 is 0 Å². The van der Waals surface area contributed by atoms with E-state index in [0.29, 0.717) is 35.4 Å². The molecule has 0 saturated carbocycles. The van der Waals surface area contributed by atoms with E-state index in [4.69, 9.17) is 11.6 Å². The summed E-state index contributed by atoms with van der Waals surface area (Å²) in [6.45, 7) is 6.73. The molecule has 1 aromatic carbocycles. The van der Waals surface area contributed by atoms with Gasteiger partial charge < -0.3 is 5.32 Å². The van der Waals surface area contributed by atoms with Gasteiger partial charge in [-0.3, -0.25) is 0 Å². The van der Waals surface area contributed by atoms with Gasteiger partial charge >= 0.3 is 0 Å². The van der Waals surface area contributed by atoms with Gasteiger partial charge in [0.15, 0.2) is 0 Å². The summed E-state index contributed by atoms with van der Waals surface area (Å²) in [6.07, 6.45) is 0.294. The van der Waals surface area contributed by atoms with Crippen LogP contribution in [0.2, 0.25) is 5.02 Å². The number of nitrogens with one attached hydrogen (secondary N) is 1. The lowest BCUT2D eigenvalue weighted by Crippen LogP contribution is -2.23. The van der Waals surface area contributed by atoms with Crippen molar-refractivity contribution in [3.8, 4) is 0 Å². The van der Waals surface area contributed by atoms with Crippen molar-refractivity contribution >= 4 is 11.6 Å². The highest BCUT2D eigenvalue weighted by molar-refractivity contribution is 6.31. The van der Waals surface area contributed by atoms with Crippen LogP contribution in [0, 0.1) is 12.7 Å². The number of nitrogens with zero attached hydrogens (tertiary/aromatic N) is 2. The molecule has 21 heavy (non-hydrogen) atoms. The largest absolute Gasteiger partial charge is 0.309 e. The van der Waals surface area contributed by atoms with Gasteiger partial charge in [-0.1, -0.05) is 31.5 Å². The second-order valence-electron chi connectivity index (χ2n) is 5.33. The number of hydrogen-bond donors (Lipinski definition) is 1. The van der Waals surface area contributed by atoms with Crippen LogP contribution in [0.5, 0.6) is 0 Å². The Morgan fingerprint density at radius 1 is 1.29 bits per heavy atom. The molecule has 0 atom stereocenters. The predicted molar refractivity (Wildman–Crippen MR) is 83.0 cm³/mol. The van der Waals surface area contributed by atoms with Crippen LogP contribution in [-0.2, 0) is 13.0 Å². The lowest BCUT2D eigenvalue weighted by atomic mass is 10.1. The number of benzene rings is 1. The molecule has 0 unspecified atom stereocenters. The molecule has 1 N–H and O–H groups in total. The fourth-order valence-electron chi connectivity index (χ4n) is 2.04. The molecule has 0 radical (unpaired) electrons. The summed E-state index contributed by atoms with van der Waals surface area (Å²) in [5.74, 6) is 0.261. The normalized spacial score (nSPS) is 11.1. The van der Waals surface area contributed by atoms with E-state index in [2.05, 4.69) is 29.1 Å². The standard InChI is InChI=1S/C16H19ClFN3/c1-10(2)19-9-12-7-11(3)20-16(21-12)8-13-14(17)5-4-6-15(13)18/h4-7,10,19H,8-9H2,1-3H3. The Hall–Kier alpha value is -1.52. The third-order valence-electron chi connectivity index (χ3n) is 3.04. The van der Waals surface area contributed by atoms with Crippen LogP contribution >= 0.6 is 11.6 Å². The van der Waals surface area contributed by atoms with Gasteiger partial charge in [0, 0.05) is 35.3 Å². The first-order chi connectivity index (χ1) is 9.95. The van der Waals surface area contributed by atoms with E-state index in [1.807, 2.05) is 13.0 Å². The highest BCUT2D eigenvalue weighted by Crippen LogP contribution is 2.21. The van der Waals surface area contributed by atoms with E-state index in [9.17, 15) is 4.39 Å². The Balaban J connectivity index is 2.24. The zero-order valence-electron chi connectivity index (χ0n) is 12.5. The van der Waals surface area contributed by atoms with E-state index in [-0.39, 0.29) is 5.82 Å². The molecule has 0 fully saturated rings. The molecule has 0 bridgehead atoms. The topological polar surface area (TPSA) is 37.8 Å². The van der Waals surface area contributed by atoms with E-state index in [0.717, 1.165) is 11.4 Å². The molecule has 1 heterocycles. The summed E-state index contributed by atoms with van der Waals surface area (Å²) in [7, 11) is 0. The second-order valence-corrected chi connectivity index (χ2v) is 5.74. The zero-order valence-corrected chi connectivity index (χ0v) is 13.2. The first kappa shape index (κ1) is 15.9. The molecule has 1 aromatic heterocycles. The van der Waals surface area contributed by atoms with Crippen LogP contribution in [0.3, 0.4) is 0 Å². The number of hydrogen-bond acceptors (Lipinski definition) is 3. The molecule has 2 aromatic rings. The fourth-order valence-corrected chi connectivity index (χ4v) is 2.27. The molecule has 0 spiro atoms. The van der Waals surface area contributed by atoms with Crippen molar-refractivity contribution in [1.82, 2.24) is 15.3 Å². The van der Waals surface area contributed by atoms with Gasteiger partial charge in [0.05, 0.1) is 5.69 Å². The Morgan fingerprint density at radius 2 is 2.05 bits per heavy atom. The van der Waals surface area contributed by atoms with Gasteiger partial charge in [-0.05, 0) is 25.1 Å². The predicted octanol–water partition coefficient (Wildman–Crippen LogP) is 3.67. The molecular formula is C16H19ClFN3. The number of aromatic nitrogens is 2. The van der Waals surface area contributed by atoms with Crippen LogP contribution in [0.1, 0.15) is 36.6 Å². The first-order valence-electron chi connectivity index (χ1n) is 6.95. The Labute approximate surface area is 129 Å². The fraction of sp³-hybridized carbons (Fsp3) is 0.375. The molecule has 5 heteroatoms. The maximum absolute atomic E-state index is 13.8. The second kappa shape index (κ2) is 6.96. The Kier molecular flexibility index (Phi) is 5.26. The van der Waals surface area contributed by atoms with Crippen molar-refractivity contribution in [1.29, 1.82) is 0 Å². The van der Waals surface area contributed by atoms with Crippen LogP contribution in [0.15, 0.2) is 24.3 Å². The van der Waals surface area contributed by atoms with Gasteiger partial charge in [0.25, 0.3) is 0 Å². The summed E-state index contributed by atoms with van der Waals surface area (Å²) >= 11 is 6.05. The lowest BCUT2D eigenvalue weighted by Gasteiger charge is -2.10. The van der Waals surface area contributed by atoms with Gasteiger partial charge in [-0.15, -0.1) is 0 Å². The maximum atomic E-state index is 13.8. The van der Waals surface area contributed by atoms with Crippen LogP contribution < -0.4 is 5.32 Å². The highest BCUT2D eigenvalue weighted by atomic mass is 35.5. The Morgan fingerprint density at radius 3 is 2.71 bits per heavy atom. The molecule has 2 rings (SSSR count). The summed E-state index contributed by atoms with van der Waals surface area (Å²) in [4.78, 5) is 8.86. The average molecular weight is 308 g/mol. The third kappa shape index (κ3) is 4.48. The third-order valence-corrected chi connectivity index (χ3v) is 3.40. The minimum Gasteiger partial charge on any atom is -0.309 e. The minimum atomic E-state index is -0.325. The molecular weight excluding hydrogens is 289 g/mol. The van der Waals surface area contributed by atoms with E-state index in [1.54, 1.807) is 12.1 Å². The van der Waals surface area contributed by atoms with Gasteiger partial charge in [0.2, 0.25) is 0 Å². The van der Waals surface area contributed by atoms with Crippen molar-refractivity contribution in [3.63, 3.8) is 0 Å². The van der Waals surface area contributed by atoms with Crippen LogP contribution in [-0.4, -0.2) is 16.0 Å². The Bertz CT molecular complexity index is 609. The zero-order chi connectivity index (χ0) is 15.4. The van der Waals surface area contributed by atoms with Crippen LogP contribution in [0.4, 0.5) is 4.39 Å². The van der Waals surface area contributed by atoms with Crippen molar-refractivity contribution in [3.05, 3.63) is 57.9 Å². The van der Waals surface area contributed by atoms with Crippen molar-refractivity contribution in [2.24, 2.45) is 0 Å². The molecule has 3 nitrogen and oxygen atoms in total. The van der Waals surface area contributed by atoms with Crippen molar-refractivity contribution in [2.45, 2.75) is 39.8 Å². The quantitative estimate of drug-likeness (QED) is 0.916. The number of halogens is 2. The SMILES string of the molecule is Cc1cc(CNC(C)C)nc(Cc2c(F)cccc2Cl)n1.